The fraction of sp³-hybridized carbons (Fsp3) is 0.625. The molecule has 1 aromatic carbocycles. The van der Waals surface area contributed by atoms with Crippen molar-refractivity contribution in [2.75, 3.05) is 32.8 Å². The van der Waals surface area contributed by atoms with E-state index in [1.165, 1.54) is 0 Å². The Labute approximate surface area is 151 Å². The number of benzene rings is 1. The highest BCUT2D eigenvalue weighted by atomic mass is 32.2. The number of ether oxygens (including phenoxy) is 1. The van der Waals surface area contributed by atoms with Crippen LogP contribution in [-0.4, -0.2) is 61.0 Å². The second-order valence-corrected chi connectivity index (χ2v) is 9.00. The molecule has 1 aromatic heterocycles. The minimum Gasteiger partial charge on any atom is -0.380 e. The van der Waals surface area contributed by atoms with E-state index in [9.17, 15) is 8.42 Å². The number of aromatic nitrogens is 2. The Morgan fingerprint density at radius 2 is 2.08 bits per heavy atom. The van der Waals surface area contributed by atoms with Gasteiger partial charge in [0.25, 0.3) is 0 Å². The zero-order chi connectivity index (χ0) is 17.3. The van der Waals surface area contributed by atoms with E-state index >= 15 is 0 Å². The highest BCUT2D eigenvalue weighted by Crippen LogP contribution is 2.24. The van der Waals surface area contributed by atoms with Crippen LogP contribution < -0.4 is 4.72 Å². The van der Waals surface area contributed by atoms with Crippen molar-refractivity contribution in [3.8, 4) is 0 Å². The largest absolute Gasteiger partial charge is 0.380 e. The number of rotatable bonds is 5. The third kappa shape index (κ3) is 3.70. The summed E-state index contributed by atoms with van der Waals surface area (Å²) in [5, 5.41) is 0. The lowest BCUT2D eigenvalue weighted by atomic mass is 9.96. The Morgan fingerprint density at radius 3 is 2.84 bits per heavy atom. The lowest BCUT2D eigenvalue weighted by Crippen LogP contribution is -2.43. The molecule has 0 aliphatic carbocycles. The molecule has 2 aliphatic heterocycles. The third-order valence-corrected chi connectivity index (χ3v) is 7.17. The molecule has 2 fully saturated rings. The van der Waals surface area contributed by atoms with Gasteiger partial charge < -0.3 is 4.74 Å². The Hall–Kier alpha value is -1.13. The molecule has 25 heavy (non-hydrogen) atoms. The van der Waals surface area contributed by atoms with Crippen LogP contribution in [0, 0.1) is 5.92 Å². The van der Waals surface area contributed by atoms with E-state index in [0.29, 0.717) is 29.5 Å². The van der Waals surface area contributed by atoms with Crippen LogP contribution in [0.15, 0.2) is 23.1 Å². The van der Waals surface area contributed by atoms with Crippen LogP contribution in [0.5, 0.6) is 0 Å². The summed E-state index contributed by atoms with van der Waals surface area (Å²) >= 11 is 1.03. The molecular formula is C16H22N4O3S2. The Morgan fingerprint density at radius 1 is 1.24 bits per heavy atom. The van der Waals surface area contributed by atoms with Crippen LogP contribution in [0.2, 0.25) is 0 Å². The monoisotopic (exact) mass is 382 g/mol. The number of sulfonamides is 1. The SMILES string of the molecule is O=S(=O)(NCC1CCN(C2CCOC2)CC1)c1cccc2nsnc12. The van der Waals surface area contributed by atoms with Crippen LogP contribution in [-0.2, 0) is 14.8 Å². The molecular weight excluding hydrogens is 360 g/mol. The molecule has 0 amide bonds. The summed E-state index contributed by atoms with van der Waals surface area (Å²) < 4.78 is 41.8. The number of hydrogen-bond donors (Lipinski definition) is 1. The predicted octanol–water partition coefficient (Wildman–Crippen LogP) is 1.47. The van der Waals surface area contributed by atoms with Gasteiger partial charge in [-0.2, -0.15) is 8.75 Å². The second kappa shape index (κ2) is 7.24. The van der Waals surface area contributed by atoms with E-state index in [2.05, 4.69) is 18.4 Å². The van der Waals surface area contributed by atoms with Crippen LogP contribution in [0.3, 0.4) is 0 Å². The van der Waals surface area contributed by atoms with E-state index in [4.69, 9.17) is 4.74 Å². The second-order valence-electron chi connectivity index (χ2n) is 6.74. The van der Waals surface area contributed by atoms with Crippen LogP contribution in [0.1, 0.15) is 19.3 Å². The fourth-order valence-corrected chi connectivity index (χ4v) is 5.52. The van der Waals surface area contributed by atoms with E-state index < -0.39 is 10.0 Å². The maximum Gasteiger partial charge on any atom is 0.242 e. The van der Waals surface area contributed by atoms with Gasteiger partial charge in [0.15, 0.2) is 0 Å². The number of fused-ring (bicyclic) bond motifs is 1. The predicted molar refractivity (Wildman–Crippen MR) is 96.1 cm³/mol. The quantitative estimate of drug-likeness (QED) is 0.843. The van der Waals surface area contributed by atoms with Gasteiger partial charge in [-0.15, -0.1) is 0 Å². The zero-order valence-electron chi connectivity index (χ0n) is 13.9. The summed E-state index contributed by atoms with van der Waals surface area (Å²) in [6.07, 6.45) is 3.14. The van der Waals surface area contributed by atoms with Crippen LogP contribution in [0.25, 0.3) is 11.0 Å². The molecule has 1 atom stereocenters. The van der Waals surface area contributed by atoms with Crippen molar-refractivity contribution in [3.63, 3.8) is 0 Å². The molecule has 7 nitrogen and oxygen atoms in total. The number of hydrogen-bond acceptors (Lipinski definition) is 7. The summed E-state index contributed by atoms with van der Waals surface area (Å²) in [7, 11) is -3.56. The summed E-state index contributed by atoms with van der Waals surface area (Å²) in [6, 6.07) is 5.63. The van der Waals surface area contributed by atoms with E-state index in [1.807, 2.05) is 0 Å². The number of nitrogens with zero attached hydrogens (tertiary/aromatic N) is 3. The lowest BCUT2D eigenvalue weighted by molar-refractivity contribution is 0.111. The molecule has 1 N–H and O–H groups in total. The van der Waals surface area contributed by atoms with Crippen molar-refractivity contribution in [2.24, 2.45) is 5.92 Å². The topological polar surface area (TPSA) is 84.4 Å². The van der Waals surface area contributed by atoms with Crippen molar-refractivity contribution in [2.45, 2.75) is 30.2 Å². The molecule has 2 aromatic rings. The minimum atomic E-state index is -3.56. The first-order chi connectivity index (χ1) is 12.1. The third-order valence-electron chi connectivity index (χ3n) is 5.17. The first-order valence-corrected chi connectivity index (χ1v) is 10.9. The molecule has 0 saturated carbocycles. The Kier molecular flexibility index (Phi) is 5.01. The molecule has 2 aliphatic rings. The van der Waals surface area contributed by atoms with Gasteiger partial charge in [-0.25, -0.2) is 13.1 Å². The van der Waals surface area contributed by atoms with Crippen molar-refractivity contribution >= 4 is 32.8 Å². The molecule has 1 unspecified atom stereocenters. The maximum atomic E-state index is 12.7. The number of likely N-dealkylation sites (tertiary alicyclic amines) is 1. The van der Waals surface area contributed by atoms with Crippen LogP contribution >= 0.6 is 11.7 Å². The smallest absolute Gasteiger partial charge is 0.242 e. The lowest BCUT2D eigenvalue weighted by Gasteiger charge is -2.35. The summed E-state index contributed by atoms with van der Waals surface area (Å²) in [5.74, 6) is 0.376. The highest BCUT2D eigenvalue weighted by molar-refractivity contribution is 7.89. The van der Waals surface area contributed by atoms with Crippen molar-refractivity contribution < 1.29 is 13.2 Å². The standard InChI is InChI=1S/C16H22N4O3S2/c21-25(22,15-3-1-2-14-16(15)19-24-18-14)17-10-12-4-7-20(8-5-12)13-6-9-23-11-13/h1-3,12-13,17H,4-11H2. The van der Waals surface area contributed by atoms with Gasteiger partial charge in [-0.1, -0.05) is 6.07 Å². The van der Waals surface area contributed by atoms with Crippen molar-refractivity contribution in [1.29, 1.82) is 0 Å². The van der Waals surface area contributed by atoms with Gasteiger partial charge in [0.2, 0.25) is 10.0 Å². The Bertz CT molecular complexity index is 825. The number of piperidine rings is 1. The maximum absolute atomic E-state index is 12.7. The Balaban J connectivity index is 1.36. The van der Waals surface area contributed by atoms with E-state index in [1.54, 1.807) is 18.2 Å². The average molecular weight is 383 g/mol. The summed E-state index contributed by atoms with van der Waals surface area (Å²) in [6.45, 7) is 4.22. The average Bonchev–Trinajstić information content (AvgIpc) is 3.31. The van der Waals surface area contributed by atoms with E-state index in [0.717, 1.165) is 57.3 Å². The molecule has 0 spiro atoms. The fourth-order valence-electron chi connectivity index (χ4n) is 3.64. The van der Waals surface area contributed by atoms with Gasteiger partial charge in [0.1, 0.15) is 15.9 Å². The molecule has 4 rings (SSSR count). The van der Waals surface area contributed by atoms with Crippen molar-refractivity contribution in [1.82, 2.24) is 18.4 Å². The molecule has 0 radical (unpaired) electrons. The molecule has 3 heterocycles. The normalized spacial score (nSPS) is 23.4. The van der Waals surface area contributed by atoms with Gasteiger partial charge >= 0.3 is 0 Å². The van der Waals surface area contributed by atoms with Crippen molar-refractivity contribution in [3.05, 3.63) is 18.2 Å². The molecule has 136 valence electrons. The minimum absolute atomic E-state index is 0.222. The van der Waals surface area contributed by atoms with Gasteiger partial charge in [-0.3, -0.25) is 4.90 Å². The molecule has 0 bridgehead atoms. The van der Waals surface area contributed by atoms with Crippen LogP contribution in [0.4, 0.5) is 0 Å². The highest BCUT2D eigenvalue weighted by Gasteiger charge is 2.28. The first kappa shape index (κ1) is 17.3. The number of nitrogens with one attached hydrogen (secondary N) is 1. The molecule has 2 saturated heterocycles. The molecule has 9 heteroatoms. The summed E-state index contributed by atoms with van der Waals surface area (Å²) in [5.41, 5.74) is 1.08. The first-order valence-electron chi connectivity index (χ1n) is 8.66. The van der Waals surface area contributed by atoms with Gasteiger partial charge in [-0.05, 0) is 50.4 Å². The van der Waals surface area contributed by atoms with Gasteiger partial charge in [0, 0.05) is 19.2 Å². The summed E-state index contributed by atoms with van der Waals surface area (Å²) in [4.78, 5) is 2.71. The van der Waals surface area contributed by atoms with E-state index in [-0.39, 0.29) is 4.90 Å². The van der Waals surface area contributed by atoms with Gasteiger partial charge in [0.05, 0.1) is 18.3 Å². The zero-order valence-corrected chi connectivity index (χ0v) is 15.6.